The average molecular weight is 352 g/mol. The van der Waals surface area contributed by atoms with Crippen LogP contribution in [-0.2, 0) is 17.6 Å². The number of carbonyl (C=O) groups is 1. The SMILES string of the molecule is CCc1c(C)nc(-c2cccs2)nc1Nc1ccc(CC(N)=O)cc1. The lowest BCUT2D eigenvalue weighted by Crippen LogP contribution is -2.13. The van der Waals surface area contributed by atoms with Crippen LogP contribution in [-0.4, -0.2) is 15.9 Å². The number of thiophene rings is 1. The molecule has 5 nitrogen and oxygen atoms in total. The summed E-state index contributed by atoms with van der Waals surface area (Å²) in [7, 11) is 0. The van der Waals surface area contributed by atoms with E-state index < -0.39 is 0 Å². The molecule has 2 aromatic heterocycles. The van der Waals surface area contributed by atoms with Crippen molar-refractivity contribution in [2.75, 3.05) is 5.32 Å². The predicted octanol–water partition coefficient (Wildman–Crippen LogP) is 3.85. The first-order chi connectivity index (χ1) is 12.1. The maximum absolute atomic E-state index is 11.0. The van der Waals surface area contributed by atoms with Crippen LogP contribution in [0.15, 0.2) is 41.8 Å². The van der Waals surface area contributed by atoms with Crippen molar-refractivity contribution in [2.45, 2.75) is 26.7 Å². The second kappa shape index (κ2) is 7.44. The van der Waals surface area contributed by atoms with Crippen LogP contribution in [0.25, 0.3) is 10.7 Å². The van der Waals surface area contributed by atoms with Crippen molar-refractivity contribution in [3.8, 4) is 10.7 Å². The van der Waals surface area contributed by atoms with Crippen molar-refractivity contribution in [1.29, 1.82) is 0 Å². The molecule has 0 saturated heterocycles. The highest BCUT2D eigenvalue weighted by Gasteiger charge is 2.12. The minimum Gasteiger partial charge on any atom is -0.369 e. The molecular weight excluding hydrogens is 332 g/mol. The van der Waals surface area contributed by atoms with Gasteiger partial charge >= 0.3 is 0 Å². The Balaban J connectivity index is 1.91. The number of anilines is 2. The van der Waals surface area contributed by atoms with Crippen LogP contribution >= 0.6 is 11.3 Å². The van der Waals surface area contributed by atoms with Crippen molar-refractivity contribution in [3.63, 3.8) is 0 Å². The third kappa shape index (κ3) is 4.03. The molecule has 0 atom stereocenters. The van der Waals surface area contributed by atoms with Gasteiger partial charge in [0, 0.05) is 16.9 Å². The van der Waals surface area contributed by atoms with Crippen LogP contribution < -0.4 is 11.1 Å². The van der Waals surface area contributed by atoms with Gasteiger partial charge in [-0.1, -0.05) is 25.1 Å². The molecule has 0 bridgehead atoms. The fraction of sp³-hybridized carbons (Fsp3) is 0.211. The number of rotatable bonds is 6. The summed E-state index contributed by atoms with van der Waals surface area (Å²) in [6.45, 7) is 4.11. The third-order valence-corrected chi connectivity index (χ3v) is 4.77. The molecule has 0 fully saturated rings. The van der Waals surface area contributed by atoms with Crippen molar-refractivity contribution < 1.29 is 4.79 Å². The molecular formula is C19H20N4OS. The van der Waals surface area contributed by atoms with Gasteiger partial charge in [-0.15, -0.1) is 11.3 Å². The molecule has 0 radical (unpaired) electrons. The molecule has 6 heteroatoms. The number of benzene rings is 1. The van der Waals surface area contributed by atoms with Gasteiger partial charge in [-0.2, -0.15) is 0 Å². The van der Waals surface area contributed by atoms with Gasteiger partial charge in [0.15, 0.2) is 5.82 Å². The molecule has 25 heavy (non-hydrogen) atoms. The topological polar surface area (TPSA) is 80.9 Å². The second-order valence-electron chi connectivity index (χ2n) is 5.76. The van der Waals surface area contributed by atoms with E-state index in [1.54, 1.807) is 11.3 Å². The molecule has 0 unspecified atom stereocenters. The van der Waals surface area contributed by atoms with Crippen molar-refractivity contribution in [3.05, 3.63) is 58.6 Å². The maximum Gasteiger partial charge on any atom is 0.221 e. The number of amides is 1. The van der Waals surface area contributed by atoms with Gasteiger partial charge in [0.25, 0.3) is 0 Å². The highest BCUT2D eigenvalue weighted by Crippen LogP contribution is 2.27. The zero-order valence-electron chi connectivity index (χ0n) is 14.2. The van der Waals surface area contributed by atoms with Crippen LogP contribution in [0.2, 0.25) is 0 Å². The van der Waals surface area contributed by atoms with E-state index in [9.17, 15) is 4.79 Å². The molecule has 0 saturated carbocycles. The number of primary amides is 1. The molecule has 3 N–H and O–H groups in total. The van der Waals surface area contributed by atoms with Gasteiger partial charge in [0.2, 0.25) is 5.91 Å². The number of nitrogens with two attached hydrogens (primary N) is 1. The third-order valence-electron chi connectivity index (χ3n) is 3.90. The van der Waals surface area contributed by atoms with Crippen molar-refractivity contribution in [1.82, 2.24) is 9.97 Å². The van der Waals surface area contributed by atoms with Gasteiger partial charge in [-0.25, -0.2) is 9.97 Å². The van der Waals surface area contributed by atoms with Crippen LogP contribution in [0, 0.1) is 6.92 Å². The summed E-state index contributed by atoms with van der Waals surface area (Å²) >= 11 is 1.62. The lowest BCUT2D eigenvalue weighted by atomic mass is 10.1. The van der Waals surface area contributed by atoms with E-state index in [0.717, 1.165) is 45.4 Å². The number of hydrogen-bond donors (Lipinski definition) is 2. The summed E-state index contributed by atoms with van der Waals surface area (Å²) in [4.78, 5) is 21.4. The largest absolute Gasteiger partial charge is 0.369 e. The van der Waals surface area contributed by atoms with Crippen LogP contribution in [0.1, 0.15) is 23.7 Å². The number of aryl methyl sites for hydroxylation is 1. The molecule has 3 rings (SSSR count). The molecule has 3 aromatic rings. The summed E-state index contributed by atoms with van der Waals surface area (Å²) in [5, 5.41) is 5.40. The van der Waals surface area contributed by atoms with Gasteiger partial charge in [0.05, 0.1) is 11.3 Å². The first-order valence-electron chi connectivity index (χ1n) is 8.12. The van der Waals surface area contributed by atoms with Gasteiger partial charge < -0.3 is 11.1 Å². The predicted molar refractivity (Wildman–Crippen MR) is 102 cm³/mol. The number of carbonyl (C=O) groups excluding carboxylic acids is 1. The quantitative estimate of drug-likeness (QED) is 0.706. The molecule has 0 aliphatic heterocycles. The highest BCUT2D eigenvalue weighted by atomic mass is 32.1. The summed E-state index contributed by atoms with van der Waals surface area (Å²) in [5.74, 6) is 1.22. The maximum atomic E-state index is 11.0. The van der Waals surface area contributed by atoms with E-state index in [2.05, 4.69) is 17.2 Å². The molecule has 0 spiro atoms. The van der Waals surface area contributed by atoms with Crippen molar-refractivity contribution in [2.24, 2.45) is 5.73 Å². The van der Waals surface area contributed by atoms with E-state index in [0.29, 0.717) is 0 Å². The van der Waals surface area contributed by atoms with E-state index >= 15 is 0 Å². The van der Waals surface area contributed by atoms with E-state index in [1.165, 1.54) is 0 Å². The van der Waals surface area contributed by atoms with Crippen molar-refractivity contribution >= 4 is 28.7 Å². The average Bonchev–Trinajstić information content (AvgIpc) is 3.10. The number of nitrogens with one attached hydrogen (secondary N) is 1. The van der Waals surface area contributed by atoms with E-state index in [1.807, 2.05) is 48.7 Å². The summed E-state index contributed by atoms with van der Waals surface area (Å²) in [6.07, 6.45) is 1.09. The monoisotopic (exact) mass is 352 g/mol. The Bertz CT molecular complexity index is 873. The number of hydrogen-bond acceptors (Lipinski definition) is 5. The summed E-state index contributed by atoms with van der Waals surface area (Å²) in [6, 6.07) is 11.7. The Kier molecular flexibility index (Phi) is 5.09. The normalized spacial score (nSPS) is 10.6. The minimum absolute atomic E-state index is 0.246. The van der Waals surface area contributed by atoms with E-state index in [-0.39, 0.29) is 12.3 Å². The minimum atomic E-state index is -0.332. The standard InChI is InChI=1S/C19H20N4OS/c1-3-15-12(2)21-19(16-5-4-10-25-16)23-18(15)22-14-8-6-13(7-9-14)11-17(20)24/h4-10H,3,11H2,1-2H3,(H2,20,24)(H,21,22,23). The summed E-state index contributed by atoms with van der Waals surface area (Å²) < 4.78 is 0. The van der Waals surface area contributed by atoms with E-state index in [4.69, 9.17) is 10.7 Å². The fourth-order valence-corrected chi connectivity index (χ4v) is 3.34. The van der Waals surface area contributed by atoms with Gasteiger partial charge in [-0.05, 0) is 42.5 Å². The summed E-state index contributed by atoms with van der Waals surface area (Å²) in [5.41, 5.74) is 9.12. The first-order valence-corrected chi connectivity index (χ1v) is 9.00. The molecule has 0 aliphatic rings. The highest BCUT2D eigenvalue weighted by molar-refractivity contribution is 7.13. The molecule has 1 aromatic carbocycles. The Hall–Kier alpha value is -2.73. The van der Waals surface area contributed by atoms with Crippen LogP contribution in [0.3, 0.4) is 0 Å². The Morgan fingerprint density at radius 1 is 1.20 bits per heavy atom. The Morgan fingerprint density at radius 3 is 2.56 bits per heavy atom. The molecule has 0 aliphatic carbocycles. The molecule has 1 amide bonds. The zero-order valence-corrected chi connectivity index (χ0v) is 15.1. The van der Waals surface area contributed by atoms with Gasteiger partial charge in [-0.3, -0.25) is 4.79 Å². The Labute approximate surface area is 151 Å². The smallest absolute Gasteiger partial charge is 0.221 e. The van der Waals surface area contributed by atoms with Crippen LogP contribution in [0.4, 0.5) is 11.5 Å². The lowest BCUT2D eigenvalue weighted by Gasteiger charge is -2.14. The molecule has 128 valence electrons. The van der Waals surface area contributed by atoms with Crippen LogP contribution in [0.5, 0.6) is 0 Å². The fourth-order valence-electron chi connectivity index (χ4n) is 2.68. The van der Waals surface area contributed by atoms with Gasteiger partial charge in [0.1, 0.15) is 5.82 Å². The Morgan fingerprint density at radius 2 is 1.96 bits per heavy atom. The number of aromatic nitrogens is 2. The zero-order chi connectivity index (χ0) is 17.8. The molecule has 2 heterocycles. The second-order valence-corrected chi connectivity index (χ2v) is 6.70. The first kappa shape index (κ1) is 17.1. The lowest BCUT2D eigenvalue weighted by molar-refractivity contribution is -0.117. The number of nitrogens with zero attached hydrogens (tertiary/aromatic N) is 2.